The molecule has 0 spiro atoms. The summed E-state index contributed by atoms with van der Waals surface area (Å²) >= 11 is 18.7. The maximum atomic E-state index is 13.3. The number of fused-ring (bicyclic) bond motifs is 1. The molecule has 7 heteroatoms. The number of aromatic amines is 1. The summed E-state index contributed by atoms with van der Waals surface area (Å²) in [5, 5.41) is 9.08. The van der Waals surface area contributed by atoms with Gasteiger partial charge in [-0.2, -0.15) is 5.10 Å². The fourth-order valence-electron chi connectivity index (χ4n) is 3.68. The van der Waals surface area contributed by atoms with Crippen LogP contribution < -0.4 is 0 Å². The number of hydrogen-bond acceptors (Lipinski definition) is 2. The van der Waals surface area contributed by atoms with Crippen molar-refractivity contribution in [3.05, 3.63) is 74.4 Å². The van der Waals surface area contributed by atoms with Gasteiger partial charge in [-0.3, -0.25) is 9.89 Å². The molecule has 0 radical (unpaired) electrons. The molecule has 3 aromatic rings. The van der Waals surface area contributed by atoms with E-state index in [0.717, 1.165) is 16.7 Å². The highest BCUT2D eigenvalue weighted by molar-refractivity contribution is 6.35. The third-order valence-electron chi connectivity index (χ3n) is 4.87. The molecule has 0 saturated heterocycles. The van der Waals surface area contributed by atoms with E-state index in [1.54, 1.807) is 24.3 Å². The lowest BCUT2D eigenvalue weighted by Gasteiger charge is -2.38. The molecular weight excluding hydrogens is 417 g/mol. The number of aromatic nitrogens is 2. The van der Waals surface area contributed by atoms with Gasteiger partial charge >= 0.3 is 0 Å². The highest BCUT2D eigenvalue weighted by atomic mass is 35.5. The van der Waals surface area contributed by atoms with Crippen molar-refractivity contribution in [2.45, 2.75) is 32.4 Å². The first kappa shape index (κ1) is 19.3. The number of amides is 1. The average molecular weight is 435 g/mol. The summed E-state index contributed by atoms with van der Waals surface area (Å²) < 4.78 is 0. The summed E-state index contributed by atoms with van der Waals surface area (Å²) in [7, 11) is 0. The number of carbonyl (C=O) groups is 1. The van der Waals surface area contributed by atoms with Gasteiger partial charge in [-0.1, -0.05) is 53.0 Å². The second-order valence-electron chi connectivity index (χ2n) is 7.78. The highest BCUT2D eigenvalue weighted by Gasteiger charge is 2.47. The molecule has 1 aliphatic heterocycles. The zero-order valence-corrected chi connectivity index (χ0v) is 17.8. The molecule has 1 N–H and O–H groups in total. The van der Waals surface area contributed by atoms with Crippen molar-refractivity contribution in [3.8, 4) is 11.3 Å². The van der Waals surface area contributed by atoms with Crippen LogP contribution in [0.15, 0.2) is 42.5 Å². The molecule has 4 nitrogen and oxygen atoms in total. The molecule has 1 aromatic heterocycles. The number of benzene rings is 2. The van der Waals surface area contributed by atoms with E-state index in [0.29, 0.717) is 26.5 Å². The fourth-order valence-corrected chi connectivity index (χ4v) is 4.32. The Morgan fingerprint density at radius 2 is 1.64 bits per heavy atom. The van der Waals surface area contributed by atoms with Crippen molar-refractivity contribution in [1.29, 1.82) is 0 Å². The lowest BCUT2D eigenvalue weighted by Crippen LogP contribution is -2.44. The largest absolute Gasteiger partial charge is 0.321 e. The van der Waals surface area contributed by atoms with Crippen LogP contribution in [-0.2, 0) is 0 Å². The molecule has 1 unspecified atom stereocenters. The SMILES string of the molecule is CC(C)(C)N1C(=O)c2[nH]nc(-c3ccc(Cl)cc3)c2C1c1ccc(Cl)cc1Cl. The zero-order chi connectivity index (χ0) is 20.2. The van der Waals surface area contributed by atoms with E-state index in [4.69, 9.17) is 34.8 Å². The van der Waals surface area contributed by atoms with E-state index in [-0.39, 0.29) is 11.9 Å². The van der Waals surface area contributed by atoms with E-state index in [1.807, 2.05) is 43.9 Å². The number of H-pyrrole nitrogens is 1. The van der Waals surface area contributed by atoms with Crippen molar-refractivity contribution >= 4 is 40.7 Å². The number of hydrogen-bond donors (Lipinski definition) is 1. The molecule has 1 amide bonds. The quantitative estimate of drug-likeness (QED) is 0.508. The molecule has 0 aliphatic carbocycles. The average Bonchev–Trinajstić information content (AvgIpc) is 3.15. The minimum Gasteiger partial charge on any atom is -0.321 e. The number of carbonyl (C=O) groups excluding carboxylic acids is 1. The van der Waals surface area contributed by atoms with Crippen LogP contribution in [0.2, 0.25) is 15.1 Å². The van der Waals surface area contributed by atoms with Crippen LogP contribution in [0.3, 0.4) is 0 Å². The van der Waals surface area contributed by atoms with Crippen molar-refractivity contribution in [3.63, 3.8) is 0 Å². The summed E-state index contributed by atoms with van der Waals surface area (Å²) in [6, 6.07) is 12.4. The Bertz CT molecular complexity index is 1070. The lowest BCUT2D eigenvalue weighted by molar-refractivity contribution is 0.0546. The van der Waals surface area contributed by atoms with Crippen LogP contribution >= 0.6 is 34.8 Å². The van der Waals surface area contributed by atoms with Gasteiger partial charge in [-0.15, -0.1) is 0 Å². The van der Waals surface area contributed by atoms with Crippen LogP contribution in [0.5, 0.6) is 0 Å². The molecule has 1 atom stereocenters. The minimum atomic E-state index is -0.429. The van der Waals surface area contributed by atoms with Gasteiger partial charge in [-0.05, 0) is 50.6 Å². The maximum absolute atomic E-state index is 13.3. The second kappa shape index (κ2) is 6.80. The maximum Gasteiger partial charge on any atom is 0.273 e. The molecule has 0 fully saturated rings. The molecule has 1 aliphatic rings. The Hall–Kier alpha value is -2.01. The Morgan fingerprint density at radius 3 is 2.25 bits per heavy atom. The smallest absolute Gasteiger partial charge is 0.273 e. The van der Waals surface area contributed by atoms with Gasteiger partial charge in [0.25, 0.3) is 5.91 Å². The Morgan fingerprint density at radius 1 is 1.00 bits per heavy atom. The third kappa shape index (κ3) is 3.10. The Balaban J connectivity index is 1.96. The Kier molecular flexibility index (Phi) is 4.69. The molecule has 28 heavy (non-hydrogen) atoms. The minimum absolute atomic E-state index is 0.105. The van der Waals surface area contributed by atoms with Gasteiger partial charge in [0.05, 0.1) is 11.7 Å². The van der Waals surface area contributed by atoms with Crippen molar-refractivity contribution in [1.82, 2.24) is 15.1 Å². The van der Waals surface area contributed by atoms with Crippen molar-refractivity contribution in [2.24, 2.45) is 0 Å². The first-order valence-electron chi connectivity index (χ1n) is 8.81. The van der Waals surface area contributed by atoms with E-state index >= 15 is 0 Å². The topological polar surface area (TPSA) is 49.0 Å². The van der Waals surface area contributed by atoms with Gasteiger partial charge in [0, 0.05) is 31.7 Å². The van der Waals surface area contributed by atoms with Crippen molar-refractivity contribution < 1.29 is 4.79 Å². The molecular formula is C21H18Cl3N3O. The molecule has 144 valence electrons. The highest BCUT2D eigenvalue weighted by Crippen LogP contribution is 2.47. The normalized spacial score (nSPS) is 16.6. The third-order valence-corrected chi connectivity index (χ3v) is 5.68. The fraction of sp³-hybridized carbons (Fsp3) is 0.238. The summed E-state index contributed by atoms with van der Waals surface area (Å²) in [4.78, 5) is 15.1. The van der Waals surface area contributed by atoms with Gasteiger partial charge < -0.3 is 4.90 Å². The van der Waals surface area contributed by atoms with Gasteiger partial charge in [0.15, 0.2) is 0 Å². The van der Waals surface area contributed by atoms with Crippen LogP contribution in [0.4, 0.5) is 0 Å². The zero-order valence-electron chi connectivity index (χ0n) is 15.6. The van der Waals surface area contributed by atoms with Crippen LogP contribution in [-0.4, -0.2) is 26.5 Å². The van der Waals surface area contributed by atoms with E-state index in [2.05, 4.69) is 10.2 Å². The van der Waals surface area contributed by atoms with Crippen LogP contribution in [0.25, 0.3) is 11.3 Å². The predicted octanol–water partition coefficient (Wildman–Crippen LogP) is 6.38. The van der Waals surface area contributed by atoms with E-state index in [1.165, 1.54) is 0 Å². The van der Waals surface area contributed by atoms with E-state index < -0.39 is 5.54 Å². The molecule has 0 bridgehead atoms. The van der Waals surface area contributed by atoms with Gasteiger partial charge in [-0.25, -0.2) is 0 Å². The number of rotatable bonds is 2. The number of halogens is 3. The summed E-state index contributed by atoms with van der Waals surface area (Å²) in [6.07, 6.45) is 0. The Labute approximate surface area is 178 Å². The van der Waals surface area contributed by atoms with Crippen molar-refractivity contribution in [2.75, 3.05) is 0 Å². The van der Waals surface area contributed by atoms with E-state index in [9.17, 15) is 4.79 Å². The number of nitrogens with zero attached hydrogens (tertiary/aromatic N) is 2. The standard InChI is InChI=1S/C21H18Cl3N3O/c1-21(2,3)27-19(14-9-8-13(23)10-15(14)24)16-17(25-26-18(16)20(27)28)11-4-6-12(22)7-5-11/h4-10,19H,1-3H3,(H,25,26). The first-order chi connectivity index (χ1) is 13.2. The summed E-state index contributed by atoms with van der Waals surface area (Å²) in [5.74, 6) is -0.105. The predicted molar refractivity (Wildman–Crippen MR) is 113 cm³/mol. The summed E-state index contributed by atoms with van der Waals surface area (Å²) in [5.41, 5.74) is 3.26. The van der Waals surface area contributed by atoms with Crippen LogP contribution in [0.1, 0.15) is 48.4 Å². The molecule has 2 aromatic carbocycles. The molecule has 2 heterocycles. The summed E-state index contributed by atoms with van der Waals surface area (Å²) in [6.45, 7) is 6.01. The number of nitrogens with one attached hydrogen (secondary N) is 1. The second-order valence-corrected chi connectivity index (χ2v) is 9.06. The first-order valence-corrected chi connectivity index (χ1v) is 9.94. The van der Waals surface area contributed by atoms with Gasteiger partial charge in [0.1, 0.15) is 5.69 Å². The van der Waals surface area contributed by atoms with Crippen LogP contribution in [0, 0.1) is 0 Å². The molecule has 4 rings (SSSR count). The molecule has 0 saturated carbocycles. The lowest BCUT2D eigenvalue weighted by atomic mass is 9.93. The van der Waals surface area contributed by atoms with Gasteiger partial charge in [0.2, 0.25) is 0 Å². The monoisotopic (exact) mass is 433 g/mol.